The number of aliphatic hydroxyl groups is 1. The zero-order valence-corrected chi connectivity index (χ0v) is 16.1. The summed E-state index contributed by atoms with van der Waals surface area (Å²) in [5.74, 6) is 0.265. The molecule has 0 radical (unpaired) electrons. The lowest BCUT2D eigenvalue weighted by molar-refractivity contribution is -0.138. The summed E-state index contributed by atoms with van der Waals surface area (Å²) in [7, 11) is 0. The summed E-state index contributed by atoms with van der Waals surface area (Å²) in [5.41, 5.74) is -2.37. The molecule has 2 aromatic heterocycles. The SMILES string of the molecule is CC1(O)CC(Nc2nnc(-c3ccc(C(F)(F)F)cc3CC(F)(F)F)c3cncn23)C1. The molecule has 31 heavy (non-hydrogen) atoms. The quantitative estimate of drug-likeness (QED) is 0.588. The summed E-state index contributed by atoms with van der Waals surface area (Å²) in [6.07, 6.45) is -7.38. The highest BCUT2D eigenvalue weighted by Crippen LogP contribution is 2.37. The number of alkyl halides is 6. The van der Waals surface area contributed by atoms with Gasteiger partial charge in [0.15, 0.2) is 0 Å². The summed E-state index contributed by atoms with van der Waals surface area (Å²) >= 11 is 0. The van der Waals surface area contributed by atoms with Crippen LogP contribution >= 0.6 is 0 Å². The first-order chi connectivity index (χ1) is 14.3. The maximum atomic E-state index is 13.1. The second kappa shape index (κ2) is 7.08. The van der Waals surface area contributed by atoms with Gasteiger partial charge in [0.25, 0.3) is 0 Å². The van der Waals surface area contributed by atoms with Gasteiger partial charge in [0, 0.05) is 11.6 Å². The van der Waals surface area contributed by atoms with Crippen molar-refractivity contribution in [1.29, 1.82) is 0 Å². The first-order valence-corrected chi connectivity index (χ1v) is 9.27. The molecular formula is C19H17F6N5O. The van der Waals surface area contributed by atoms with Crippen LogP contribution in [0.3, 0.4) is 0 Å². The molecule has 0 spiro atoms. The molecule has 1 aromatic carbocycles. The number of benzene rings is 1. The first-order valence-electron chi connectivity index (χ1n) is 9.27. The minimum atomic E-state index is -4.78. The van der Waals surface area contributed by atoms with Gasteiger partial charge >= 0.3 is 12.4 Å². The van der Waals surface area contributed by atoms with E-state index in [2.05, 4.69) is 20.5 Å². The average molecular weight is 445 g/mol. The van der Waals surface area contributed by atoms with E-state index in [0.717, 1.165) is 6.07 Å². The van der Waals surface area contributed by atoms with Crippen LogP contribution in [0.1, 0.15) is 30.9 Å². The molecule has 2 N–H and O–H groups in total. The van der Waals surface area contributed by atoms with E-state index < -0.39 is 35.5 Å². The molecule has 0 aliphatic heterocycles. The molecular weight excluding hydrogens is 428 g/mol. The molecule has 1 aliphatic carbocycles. The van der Waals surface area contributed by atoms with Gasteiger partial charge in [0.1, 0.15) is 12.0 Å². The van der Waals surface area contributed by atoms with Crippen LogP contribution in [-0.2, 0) is 12.6 Å². The molecule has 0 saturated heterocycles. The Labute approximate surface area is 171 Å². The Bertz CT molecular complexity index is 1110. The van der Waals surface area contributed by atoms with E-state index in [1.807, 2.05) is 0 Å². The zero-order chi connectivity index (χ0) is 22.6. The summed E-state index contributed by atoms with van der Waals surface area (Å²) in [5, 5.41) is 21.0. The number of halogens is 6. The lowest BCUT2D eigenvalue weighted by Gasteiger charge is -2.41. The number of rotatable bonds is 4. The zero-order valence-electron chi connectivity index (χ0n) is 16.1. The van der Waals surface area contributed by atoms with Crippen LogP contribution in [0.2, 0.25) is 0 Å². The van der Waals surface area contributed by atoms with Crippen LogP contribution in [-0.4, -0.2) is 42.5 Å². The minimum absolute atomic E-state index is 0.0170. The predicted molar refractivity (Wildman–Crippen MR) is 98.2 cm³/mol. The number of nitrogens with one attached hydrogen (secondary N) is 1. The van der Waals surface area contributed by atoms with Crippen LogP contribution in [0, 0.1) is 0 Å². The minimum Gasteiger partial charge on any atom is -0.390 e. The second-order valence-electron chi connectivity index (χ2n) is 7.93. The molecule has 3 aromatic rings. The van der Waals surface area contributed by atoms with Crippen molar-refractivity contribution in [2.75, 3.05) is 5.32 Å². The van der Waals surface area contributed by atoms with Gasteiger partial charge in [0.2, 0.25) is 5.95 Å². The van der Waals surface area contributed by atoms with Gasteiger partial charge in [0.05, 0.1) is 29.3 Å². The van der Waals surface area contributed by atoms with Crippen LogP contribution in [0.25, 0.3) is 16.8 Å². The summed E-state index contributed by atoms with van der Waals surface area (Å²) in [6.45, 7) is 1.69. The van der Waals surface area contributed by atoms with Crippen molar-refractivity contribution in [2.24, 2.45) is 0 Å². The van der Waals surface area contributed by atoms with E-state index in [9.17, 15) is 31.4 Å². The van der Waals surface area contributed by atoms with Crippen molar-refractivity contribution < 1.29 is 31.4 Å². The van der Waals surface area contributed by atoms with Gasteiger partial charge in [-0.2, -0.15) is 26.3 Å². The van der Waals surface area contributed by atoms with Gasteiger partial charge in [-0.15, -0.1) is 10.2 Å². The van der Waals surface area contributed by atoms with E-state index in [4.69, 9.17) is 0 Å². The third-order valence-corrected chi connectivity index (χ3v) is 5.14. The van der Waals surface area contributed by atoms with E-state index >= 15 is 0 Å². The largest absolute Gasteiger partial charge is 0.416 e. The molecule has 1 saturated carbocycles. The van der Waals surface area contributed by atoms with Gasteiger partial charge < -0.3 is 10.4 Å². The number of imidazole rings is 1. The van der Waals surface area contributed by atoms with Crippen molar-refractivity contribution in [3.63, 3.8) is 0 Å². The first kappa shape index (κ1) is 21.3. The number of aromatic nitrogens is 4. The lowest BCUT2D eigenvalue weighted by Crippen LogP contribution is -2.48. The number of nitrogens with zero attached hydrogens (tertiary/aromatic N) is 4. The van der Waals surface area contributed by atoms with Gasteiger partial charge in [-0.3, -0.25) is 4.40 Å². The van der Waals surface area contributed by atoms with Crippen molar-refractivity contribution in [1.82, 2.24) is 19.6 Å². The Morgan fingerprint density at radius 1 is 1.16 bits per heavy atom. The molecule has 6 nitrogen and oxygen atoms in total. The van der Waals surface area contributed by atoms with Crippen molar-refractivity contribution >= 4 is 11.5 Å². The number of anilines is 1. The Morgan fingerprint density at radius 2 is 1.87 bits per heavy atom. The topological polar surface area (TPSA) is 75.3 Å². The third kappa shape index (κ3) is 4.43. The van der Waals surface area contributed by atoms with Gasteiger partial charge in [-0.05, 0) is 37.5 Å². The fraction of sp³-hybridized carbons (Fsp3) is 0.421. The molecule has 2 heterocycles. The van der Waals surface area contributed by atoms with Gasteiger partial charge in [-0.1, -0.05) is 6.07 Å². The highest BCUT2D eigenvalue weighted by Gasteiger charge is 2.39. The number of hydrogen-bond donors (Lipinski definition) is 2. The highest BCUT2D eigenvalue weighted by molar-refractivity contribution is 5.79. The van der Waals surface area contributed by atoms with Crippen LogP contribution in [0.15, 0.2) is 30.7 Å². The molecule has 0 unspecified atom stereocenters. The van der Waals surface area contributed by atoms with Crippen LogP contribution < -0.4 is 5.32 Å². The molecule has 0 bridgehead atoms. The smallest absolute Gasteiger partial charge is 0.390 e. The molecule has 0 amide bonds. The number of hydrogen-bond acceptors (Lipinski definition) is 5. The Kier molecular flexibility index (Phi) is 4.87. The number of fused-ring (bicyclic) bond motifs is 1. The summed E-state index contributed by atoms with van der Waals surface area (Å²) in [6, 6.07) is 2.09. The fourth-order valence-corrected chi connectivity index (χ4v) is 3.78. The van der Waals surface area contributed by atoms with E-state index in [1.54, 1.807) is 6.92 Å². The predicted octanol–water partition coefficient (Wildman–Crippen LogP) is 4.24. The molecule has 12 heteroatoms. The normalized spacial score (nSPS) is 21.9. The van der Waals surface area contributed by atoms with Crippen molar-refractivity contribution in [3.05, 3.63) is 41.9 Å². The Balaban J connectivity index is 1.76. The Morgan fingerprint density at radius 3 is 2.48 bits per heavy atom. The third-order valence-electron chi connectivity index (χ3n) is 5.14. The molecule has 0 atom stereocenters. The average Bonchev–Trinajstić information content (AvgIpc) is 3.09. The highest BCUT2D eigenvalue weighted by atomic mass is 19.4. The lowest BCUT2D eigenvalue weighted by atomic mass is 9.77. The fourth-order valence-electron chi connectivity index (χ4n) is 3.78. The summed E-state index contributed by atoms with van der Waals surface area (Å²) in [4.78, 5) is 3.98. The van der Waals surface area contributed by atoms with Crippen LogP contribution in [0.4, 0.5) is 32.3 Å². The van der Waals surface area contributed by atoms with E-state index in [1.165, 1.54) is 16.9 Å². The molecule has 1 fully saturated rings. The Hall–Kier alpha value is -2.89. The monoisotopic (exact) mass is 445 g/mol. The summed E-state index contributed by atoms with van der Waals surface area (Å²) < 4.78 is 79.8. The standard InChI is InChI=1S/C19H17F6N5O/c1-17(31)6-12(7-17)27-16-29-28-15(14-8-26-9-30(14)16)13-3-2-11(19(23,24)25)4-10(13)5-18(20,21)22/h2-4,8-9,12,31H,5-7H2,1H3,(H,27,29). The molecule has 1 aliphatic rings. The second-order valence-corrected chi connectivity index (χ2v) is 7.93. The maximum Gasteiger partial charge on any atom is 0.416 e. The molecule has 4 rings (SSSR count). The van der Waals surface area contributed by atoms with E-state index in [-0.39, 0.29) is 28.8 Å². The van der Waals surface area contributed by atoms with Gasteiger partial charge in [-0.25, -0.2) is 4.98 Å². The van der Waals surface area contributed by atoms with E-state index in [0.29, 0.717) is 25.0 Å². The maximum absolute atomic E-state index is 13.1. The van der Waals surface area contributed by atoms with Crippen molar-refractivity contribution in [2.45, 2.75) is 50.2 Å². The van der Waals surface area contributed by atoms with Crippen LogP contribution in [0.5, 0.6) is 0 Å². The van der Waals surface area contributed by atoms with Crippen molar-refractivity contribution in [3.8, 4) is 11.3 Å². The molecule has 166 valence electrons.